The van der Waals surface area contributed by atoms with E-state index in [1.807, 2.05) is 85.8 Å². The van der Waals surface area contributed by atoms with Gasteiger partial charge >= 0.3 is 5.97 Å². The fourth-order valence-corrected chi connectivity index (χ4v) is 2.88. The van der Waals surface area contributed by atoms with E-state index in [4.69, 9.17) is 4.74 Å². The third-order valence-electron chi connectivity index (χ3n) is 4.04. The highest BCUT2D eigenvalue weighted by molar-refractivity contribution is 5.82. The number of pyridine rings is 1. The van der Waals surface area contributed by atoms with Gasteiger partial charge in [0.2, 0.25) is 0 Å². The van der Waals surface area contributed by atoms with Crippen molar-refractivity contribution in [2.24, 2.45) is 0 Å². The van der Waals surface area contributed by atoms with Crippen molar-refractivity contribution in [3.63, 3.8) is 0 Å². The van der Waals surface area contributed by atoms with E-state index in [9.17, 15) is 4.79 Å². The zero-order valence-corrected chi connectivity index (χ0v) is 14.2. The molecular weight excluding hydrogens is 310 g/mol. The van der Waals surface area contributed by atoms with E-state index < -0.39 is 5.92 Å². The normalized spacial score (nSPS) is 11.9. The van der Waals surface area contributed by atoms with Gasteiger partial charge in [0.05, 0.1) is 0 Å². The predicted octanol–water partition coefficient (Wildman–Crippen LogP) is 4.39. The smallest absolute Gasteiger partial charge is 0.318 e. The molecule has 0 radical (unpaired) electrons. The van der Waals surface area contributed by atoms with Crippen LogP contribution in [0.3, 0.4) is 0 Å². The molecule has 0 bridgehead atoms. The SMILES string of the molecule is CC(Cc1ccccn1)OC(=O)C(c1ccccc1)c1ccccc1. The van der Waals surface area contributed by atoms with Gasteiger partial charge in [-0.3, -0.25) is 9.78 Å². The first kappa shape index (κ1) is 16.9. The molecule has 0 aliphatic heterocycles. The average molecular weight is 331 g/mol. The highest BCUT2D eigenvalue weighted by Gasteiger charge is 2.25. The molecule has 0 saturated heterocycles. The first-order valence-electron chi connectivity index (χ1n) is 8.44. The second-order valence-electron chi connectivity index (χ2n) is 6.03. The van der Waals surface area contributed by atoms with Crippen molar-refractivity contribution in [1.29, 1.82) is 0 Å². The Kier molecular flexibility index (Phi) is 5.57. The maximum atomic E-state index is 12.9. The fourth-order valence-electron chi connectivity index (χ4n) is 2.88. The minimum Gasteiger partial charge on any atom is -0.462 e. The van der Waals surface area contributed by atoms with E-state index in [-0.39, 0.29) is 12.1 Å². The lowest BCUT2D eigenvalue weighted by Crippen LogP contribution is -2.23. The van der Waals surface area contributed by atoms with Crippen molar-refractivity contribution in [3.8, 4) is 0 Å². The zero-order valence-electron chi connectivity index (χ0n) is 14.2. The number of benzene rings is 2. The maximum Gasteiger partial charge on any atom is 0.318 e. The van der Waals surface area contributed by atoms with E-state index >= 15 is 0 Å². The van der Waals surface area contributed by atoms with Crippen molar-refractivity contribution >= 4 is 5.97 Å². The van der Waals surface area contributed by atoms with Crippen molar-refractivity contribution in [2.75, 3.05) is 0 Å². The second kappa shape index (κ2) is 8.25. The van der Waals surface area contributed by atoms with Gasteiger partial charge in [-0.1, -0.05) is 66.7 Å². The lowest BCUT2D eigenvalue weighted by molar-refractivity contribution is -0.148. The van der Waals surface area contributed by atoms with Gasteiger partial charge in [0.15, 0.2) is 0 Å². The minimum atomic E-state index is -0.423. The molecule has 3 aromatic rings. The molecule has 2 aromatic carbocycles. The number of carbonyl (C=O) groups excluding carboxylic acids is 1. The predicted molar refractivity (Wildman–Crippen MR) is 98.2 cm³/mol. The first-order valence-corrected chi connectivity index (χ1v) is 8.44. The van der Waals surface area contributed by atoms with Crippen LogP contribution in [0.5, 0.6) is 0 Å². The van der Waals surface area contributed by atoms with Gasteiger partial charge in [-0.05, 0) is 30.2 Å². The van der Waals surface area contributed by atoms with Crippen molar-refractivity contribution in [1.82, 2.24) is 4.98 Å². The van der Waals surface area contributed by atoms with Gasteiger partial charge in [-0.25, -0.2) is 0 Å². The molecule has 0 N–H and O–H groups in total. The van der Waals surface area contributed by atoms with Crippen molar-refractivity contribution < 1.29 is 9.53 Å². The number of nitrogens with zero attached hydrogens (tertiary/aromatic N) is 1. The van der Waals surface area contributed by atoms with Crippen LogP contribution in [0, 0.1) is 0 Å². The molecule has 0 aliphatic carbocycles. The number of rotatable bonds is 6. The number of esters is 1. The molecule has 3 rings (SSSR count). The summed E-state index contributed by atoms with van der Waals surface area (Å²) in [7, 11) is 0. The van der Waals surface area contributed by atoms with Gasteiger partial charge in [0, 0.05) is 18.3 Å². The first-order chi connectivity index (χ1) is 12.2. The fraction of sp³-hybridized carbons (Fsp3) is 0.182. The van der Waals surface area contributed by atoms with E-state index in [1.54, 1.807) is 6.20 Å². The summed E-state index contributed by atoms with van der Waals surface area (Å²) in [5.41, 5.74) is 2.78. The lowest BCUT2D eigenvalue weighted by Gasteiger charge is -2.20. The van der Waals surface area contributed by atoms with E-state index in [0.29, 0.717) is 6.42 Å². The van der Waals surface area contributed by atoms with Crippen LogP contribution in [-0.4, -0.2) is 17.1 Å². The van der Waals surface area contributed by atoms with Crippen LogP contribution < -0.4 is 0 Å². The minimum absolute atomic E-state index is 0.235. The topological polar surface area (TPSA) is 39.2 Å². The number of aromatic nitrogens is 1. The third-order valence-corrected chi connectivity index (χ3v) is 4.04. The van der Waals surface area contributed by atoms with Crippen LogP contribution in [-0.2, 0) is 16.0 Å². The van der Waals surface area contributed by atoms with E-state index in [2.05, 4.69) is 4.98 Å². The molecule has 0 amide bonds. The number of hydrogen-bond donors (Lipinski definition) is 0. The summed E-state index contributed by atoms with van der Waals surface area (Å²) in [6.45, 7) is 1.90. The van der Waals surface area contributed by atoms with Crippen LogP contribution in [0.15, 0.2) is 85.1 Å². The van der Waals surface area contributed by atoms with Crippen molar-refractivity contribution in [3.05, 3.63) is 102 Å². The molecule has 1 heterocycles. The summed E-state index contributed by atoms with van der Waals surface area (Å²) in [6, 6.07) is 25.2. The molecule has 1 atom stereocenters. The molecule has 1 unspecified atom stereocenters. The molecule has 3 heteroatoms. The molecule has 126 valence electrons. The Morgan fingerprint density at radius 2 is 1.44 bits per heavy atom. The summed E-state index contributed by atoms with van der Waals surface area (Å²) in [5.74, 6) is -0.658. The largest absolute Gasteiger partial charge is 0.462 e. The summed E-state index contributed by atoms with van der Waals surface area (Å²) in [6.07, 6.45) is 2.11. The molecule has 0 saturated carbocycles. The Bertz CT molecular complexity index is 749. The summed E-state index contributed by atoms with van der Waals surface area (Å²) in [4.78, 5) is 17.2. The quantitative estimate of drug-likeness (QED) is 0.629. The Balaban J connectivity index is 1.78. The highest BCUT2D eigenvalue weighted by Crippen LogP contribution is 2.26. The lowest BCUT2D eigenvalue weighted by atomic mass is 9.91. The Hall–Kier alpha value is -2.94. The molecule has 3 nitrogen and oxygen atoms in total. The van der Waals surface area contributed by atoms with E-state index in [1.165, 1.54) is 0 Å². The summed E-state index contributed by atoms with van der Waals surface area (Å²) < 4.78 is 5.75. The molecule has 0 aliphatic rings. The maximum absolute atomic E-state index is 12.9. The summed E-state index contributed by atoms with van der Waals surface area (Å²) >= 11 is 0. The standard InChI is InChI=1S/C22H21NO2/c1-17(16-20-14-8-9-15-23-20)25-22(24)21(18-10-4-2-5-11-18)19-12-6-3-7-13-19/h2-15,17,21H,16H2,1H3. The summed E-state index contributed by atoms with van der Waals surface area (Å²) in [5, 5.41) is 0. The number of carbonyl (C=O) groups is 1. The van der Waals surface area contributed by atoms with E-state index in [0.717, 1.165) is 16.8 Å². The average Bonchev–Trinajstić information content (AvgIpc) is 2.64. The second-order valence-corrected chi connectivity index (χ2v) is 6.03. The van der Waals surface area contributed by atoms with Gasteiger partial charge in [0.25, 0.3) is 0 Å². The molecule has 1 aromatic heterocycles. The molecule has 0 fully saturated rings. The van der Waals surface area contributed by atoms with Crippen LogP contribution in [0.2, 0.25) is 0 Å². The Morgan fingerprint density at radius 3 is 1.96 bits per heavy atom. The zero-order chi connectivity index (χ0) is 17.5. The molecule has 0 spiro atoms. The Labute approximate surface area is 148 Å². The van der Waals surface area contributed by atoms with Gasteiger partial charge in [-0.2, -0.15) is 0 Å². The highest BCUT2D eigenvalue weighted by atomic mass is 16.5. The van der Waals surface area contributed by atoms with Crippen molar-refractivity contribution in [2.45, 2.75) is 25.4 Å². The monoisotopic (exact) mass is 331 g/mol. The van der Waals surface area contributed by atoms with Gasteiger partial charge < -0.3 is 4.74 Å². The van der Waals surface area contributed by atoms with Crippen LogP contribution >= 0.6 is 0 Å². The third kappa shape index (κ3) is 4.54. The van der Waals surface area contributed by atoms with Gasteiger partial charge in [0.1, 0.15) is 12.0 Å². The van der Waals surface area contributed by atoms with Crippen LogP contribution in [0.1, 0.15) is 29.7 Å². The number of ether oxygens (including phenoxy) is 1. The van der Waals surface area contributed by atoms with Crippen LogP contribution in [0.4, 0.5) is 0 Å². The number of hydrogen-bond acceptors (Lipinski definition) is 3. The van der Waals surface area contributed by atoms with Crippen LogP contribution in [0.25, 0.3) is 0 Å². The molecule has 25 heavy (non-hydrogen) atoms. The Morgan fingerprint density at radius 1 is 0.880 bits per heavy atom. The molecular formula is C22H21NO2. The van der Waals surface area contributed by atoms with Gasteiger partial charge in [-0.15, -0.1) is 0 Å².